The number of likely N-dealkylation sites (tertiary alicyclic amines) is 1. The van der Waals surface area contributed by atoms with E-state index in [1.807, 2.05) is 19.3 Å². The van der Waals surface area contributed by atoms with Gasteiger partial charge in [-0.05, 0) is 30.3 Å². The summed E-state index contributed by atoms with van der Waals surface area (Å²) in [7, 11) is 5.22. The third kappa shape index (κ3) is 5.10. The van der Waals surface area contributed by atoms with E-state index in [2.05, 4.69) is 16.0 Å². The van der Waals surface area contributed by atoms with Crippen LogP contribution in [0.4, 0.5) is 5.69 Å². The molecule has 0 saturated carbocycles. The molecule has 0 aliphatic carbocycles. The molecule has 2 aromatic rings. The Balaban J connectivity index is 1.57. The number of hydrogen-bond donors (Lipinski definition) is 2. The number of nitrogens with zero attached hydrogens (tertiary/aromatic N) is 2. The number of benzene rings is 1. The van der Waals surface area contributed by atoms with Crippen LogP contribution in [0.2, 0.25) is 5.02 Å². The Morgan fingerprint density at radius 2 is 2.17 bits per heavy atom. The van der Waals surface area contributed by atoms with Crippen molar-refractivity contribution in [3.05, 3.63) is 47.2 Å². The molecule has 1 aromatic carbocycles. The van der Waals surface area contributed by atoms with Gasteiger partial charge in [0.2, 0.25) is 5.91 Å². The van der Waals surface area contributed by atoms with Gasteiger partial charge in [0.05, 0.1) is 31.6 Å². The first kappa shape index (κ1) is 21.2. The lowest BCUT2D eigenvalue weighted by molar-refractivity contribution is -0.911. The van der Waals surface area contributed by atoms with E-state index in [9.17, 15) is 9.59 Å². The van der Waals surface area contributed by atoms with E-state index >= 15 is 0 Å². The second kappa shape index (κ2) is 9.33. The molecule has 2 heterocycles. The largest absolute Gasteiger partial charge is 0.495 e. The monoisotopic (exact) mass is 419 g/mol. The molecule has 1 aromatic heterocycles. The van der Waals surface area contributed by atoms with Crippen molar-refractivity contribution in [2.24, 2.45) is 7.05 Å². The molecule has 0 radical (unpaired) electrons. The topological polar surface area (TPSA) is 68.0 Å². The van der Waals surface area contributed by atoms with E-state index in [4.69, 9.17) is 16.3 Å². The van der Waals surface area contributed by atoms with Crippen molar-refractivity contribution in [2.75, 3.05) is 39.1 Å². The number of methoxy groups -OCH3 is 1. The van der Waals surface area contributed by atoms with Gasteiger partial charge in [0.25, 0.3) is 5.91 Å². The van der Waals surface area contributed by atoms with E-state index in [-0.39, 0.29) is 18.4 Å². The molecule has 2 amide bonds. The van der Waals surface area contributed by atoms with Crippen LogP contribution in [-0.4, -0.2) is 55.1 Å². The van der Waals surface area contributed by atoms with Crippen molar-refractivity contribution in [3.63, 3.8) is 0 Å². The number of likely N-dealkylation sites (N-methyl/N-ethyl adjacent to an activating group) is 1. The SMILES string of the molecule is COc1ccc(Cl)cc1NC(=O)CN(C)C(=O)C[NH+]1CCC[C@H]1c1cccn1C. The number of anilines is 1. The van der Waals surface area contributed by atoms with Crippen LogP contribution < -0.4 is 15.0 Å². The fraction of sp³-hybridized carbons (Fsp3) is 0.429. The molecule has 1 aliphatic rings. The summed E-state index contributed by atoms with van der Waals surface area (Å²) in [5.74, 6) is 0.176. The molecule has 3 rings (SSSR count). The number of halogens is 1. The van der Waals surface area contributed by atoms with Crippen LogP contribution >= 0.6 is 11.6 Å². The van der Waals surface area contributed by atoms with Gasteiger partial charge in [-0.25, -0.2) is 0 Å². The zero-order valence-corrected chi connectivity index (χ0v) is 17.8. The minimum absolute atomic E-state index is 0.0311. The highest BCUT2D eigenvalue weighted by atomic mass is 35.5. The Morgan fingerprint density at radius 3 is 2.86 bits per heavy atom. The third-order valence-corrected chi connectivity index (χ3v) is 5.68. The molecular weight excluding hydrogens is 392 g/mol. The number of aromatic nitrogens is 1. The van der Waals surface area contributed by atoms with E-state index in [1.165, 1.54) is 22.6 Å². The van der Waals surface area contributed by atoms with Crippen molar-refractivity contribution in [2.45, 2.75) is 18.9 Å². The molecule has 1 aliphatic heterocycles. The van der Waals surface area contributed by atoms with Crippen LogP contribution in [0.3, 0.4) is 0 Å². The molecule has 7 nitrogen and oxygen atoms in total. The smallest absolute Gasteiger partial charge is 0.277 e. The number of carbonyl (C=O) groups excluding carboxylic acids is 2. The Bertz CT molecular complexity index is 883. The van der Waals surface area contributed by atoms with Gasteiger partial charge < -0.3 is 24.4 Å². The van der Waals surface area contributed by atoms with E-state index in [0.717, 1.165) is 19.4 Å². The third-order valence-electron chi connectivity index (χ3n) is 5.44. The molecule has 1 fully saturated rings. The number of quaternary nitrogens is 1. The van der Waals surface area contributed by atoms with Gasteiger partial charge in [0, 0.05) is 38.2 Å². The lowest BCUT2D eigenvalue weighted by Crippen LogP contribution is -3.11. The first-order valence-corrected chi connectivity index (χ1v) is 10.1. The van der Waals surface area contributed by atoms with Crippen molar-refractivity contribution < 1.29 is 19.2 Å². The van der Waals surface area contributed by atoms with Crippen LogP contribution in [0, 0.1) is 0 Å². The molecule has 0 spiro atoms. The first-order chi connectivity index (χ1) is 13.9. The van der Waals surface area contributed by atoms with Crippen LogP contribution in [0.25, 0.3) is 0 Å². The fourth-order valence-electron chi connectivity index (χ4n) is 3.92. The summed E-state index contributed by atoms with van der Waals surface area (Å²) in [6, 6.07) is 9.47. The number of nitrogens with one attached hydrogen (secondary N) is 2. The summed E-state index contributed by atoms with van der Waals surface area (Å²) in [5.41, 5.74) is 1.73. The number of rotatable bonds is 7. The molecule has 2 N–H and O–H groups in total. The molecule has 8 heteroatoms. The van der Waals surface area contributed by atoms with Crippen molar-refractivity contribution in [1.82, 2.24) is 9.47 Å². The summed E-state index contributed by atoms with van der Waals surface area (Å²) < 4.78 is 7.36. The molecule has 2 atom stereocenters. The maximum Gasteiger partial charge on any atom is 0.277 e. The van der Waals surface area contributed by atoms with Crippen LogP contribution in [0.5, 0.6) is 5.75 Å². The Hall–Kier alpha value is -2.51. The van der Waals surface area contributed by atoms with Gasteiger partial charge in [-0.1, -0.05) is 11.6 Å². The standard InChI is InChI=1S/C21H27ClN4O3/c1-24-10-4-6-17(24)18-7-5-11-26(18)14-21(28)25(2)13-20(27)23-16-12-15(22)8-9-19(16)29-3/h4,6,8-10,12,18H,5,7,11,13-14H2,1-3H3,(H,23,27)/p+1/t18-/m0/s1. The highest BCUT2D eigenvalue weighted by Gasteiger charge is 2.33. The summed E-state index contributed by atoms with van der Waals surface area (Å²) in [6.45, 7) is 1.30. The first-order valence-electron chi connectivity index (χ1n) is 9.72. The maximum atomic E-state index is 12.7. The van der Waals surface area contributed by atoms with Gasteiger partial charge in [0.15, 0.2) is 6.54 Å². The molecule has 29 heavy (non-hydrogen) atoms. The number of carbonyl (C=O) groups is 2. The second-order valence-electron chi connectivity index (χ2n) is 7.47. The van der Waals surface area contributed by atoms with Gasteiger partial charge in [-0.15, -0.1) is 0 Å². The van der Waals surface area contributed by atoms with Gasteiger partial charge in [-0.2, -0.15) is 0 Å². The highest BCUT2D eigenvalue weighted by Crippen LogP contribution is 2.27. The van der Waals surface area contributed by atoms with Gasteiger partial charge >= 0.3 is 0 Å². The molecule has 156 valence electrons. The predicted octanol–water partition coefficient (Wildman–Crippen LogP) is 1.50. The summed E-state index contributed by atoms with van der Waals surface area (Å²) in [4.78, 5) is 27.9. The quantitative estimate of drug-likeness (QED) is 0.714. The van der Waals surface area contributed by atoms with Gasteiger partial charge in [-0.3, -0.25) is 9.59 Å². The zero-order valence-electron chi connectivity index (χ0n) is 17.1. The molecular formula is C21H28ClN4O3+. The van der Waals surface area contributed by atoms with E-state index in [1.54, 1.807) is 25.2 Å². The molecule has 1 unspecified atom stereocenters. The Kier molecular flexibility index (Phi) is 6.82. The summed E-state index contributed by atoms with van der Waals surface area (Å²) in [6.07, 6.45) is 4.20. The minimum Gasteiger partial charge on any atom is -0.495 e. The van der Waals surface area contributed by atoms with E-state index in [0.29, 0.717) is 29.0 Å². The number of ether oxygens (including phenoxy) is 1. The zero-order chi connectivity index (χ0) is 21.0. The summed E-state index contributed by atoms with van der Waals surface area (Å²) in [5, 5.41) is 3.26. The lowest BCUT2D eigenvalue weighted by atomic mass is 10.1. The van der Waals surface area contributed by atoms with Crippen LogP contribution in [0.1, 0.15) is 24.6 Å². The van der Waals surface area contributed by atoms with Gasteiger partial charge in [0.1, 0.15) is 11.8 Å². The number of aryl methyl sites for hydroxylation is 1. The predicted molar refractivity (Wildman–Crippen MR) is 112 cm³/mol. The van der Waals surface area contributed by atoms with E-state index < -0.39 is 0 Å². The number of amides is 2. The van der Waals surface area contributed by atoms with Crippen molar-refractivity contribution >= 4 is 29.1 Å². The maximum absolute atomic E-state index is 12.7. The van der Waals surface area contributed by atoms with Crippen LogP contribution in [-0.2, 0) is 16.6 Å². The highest BCUT2D eigenvalue weighted by molar-refractivity contribution is 6.31. The summed E-state index contributed by atoms with van der Waals surface area (Å²) >= 11 is 6.00. The van der Waals surface area contributed by atoms with Crippen molar-refractivity contribution in [3.8, 4) is 5.75 Å². The average Bonchev–Trinajstić information content (AvgIpc) is 3.30. The molecule has 0 bridgehead atoms. The normalized spacial score (nSPS) is 18.5. The Labute approximate surface area is 176 Å². The number of hydrogen-bond acceptors (Lipinski definition) is 3. The van der Waals surface area contributed by atoms with Crippen LogP contribution in [0.15, 0.2) is 36.5 Å². The van der Waals surface area contributed by atoms with Crippen molar-refractivity contribution in [1.29, 1.82) is 0 Å². The minimum atomic E-state index is -0.295. The fourth-order valence-corrected chi connectivity index (χ4v) is 4.09. The lowest BCUT2D eigenvalue weighted by Gasteiger charge is -2.24. The Morgan fingerprint density at radius 1 is 1.38 bits per heavy atom. The average molecular weight is 420 g/mol. The second-order valence-corrected chi connectivity index (χ2v) is 7.90. The molecule has 1 saturated heterocycles.